The van der Waals surface area contributed by atoms with Gasteiger partial charge in [0, 0.05) is 4.88 Å². The zero-order chi connectivity index (χ0) is 20.5. The van der Waals surface area contributed by atoms with Crippen LogP contribution in [0, 0.1) is 22.7 Å². The van der Waals surface area contributed by atoms with Crippen molar-refractivity contribution >= 4 is 27.3 Å². The summed E-state index contributed by atoms with van der Waals surface area (Å²) in [6, 6.07) is 9.28. The van der Waals surface area contributed by atoms with E-state index < -0.39 is 15.9 Å². The van der Waals surface area contributed by atoms with Crippen molar-refractivity contribution in [2.24, 2.45) is 11.3 Å². The van der Waals surface area contributed by atoms with Crippen molar-refractivity contribution in [1.82, 2.24) is 10.3 Å². The molecule has 1 aromatic carbocycles. The van der Waals surface area contributed by atoms with Gasteiger partial charge in [0.05, 0.1) is 21.4 Å². The second-order valence-electron chi connectivity index (χ2n) is 8.06. The third-order valence-electron chi connectivity index (χ3n) is 5.12. The van der Waals surface area contributed by atoms with E-state index >= 15 is 0 Å². The van der Waals surface area contributed by atoms with Crippen LogP contribution in [0.25, 0.3) is 0 Å². The van der Waals surface area contributed by atoms with Crippen LogP contribution in [0.3, 0.4) is 0 Å². The Balaban J connectivity index is 1.67. The zero-order valence-corrected chi connectivity index (χ0v) is 17.7. The number of nitriles is 1. The molecule has 0 spiro atoms. The van der Waals surface area contributed by atoms with Gasteiger partial charge < -0.3 is 0 Å². The van der Waals surface area contributed by atoms with Gasteiger partial charge in [-0.2, -0.15) is 5.26 Å². The minimum Gasteiger partial charge on any atom is -0.273 e. The molecule has 0 unspecified atom stereocenters. The number of amides is 1. The van der Waals surface area contributed by atoms with Gasteiger partial charge in [0.1, 0.15) is 0 Å². The van der Waals surface area contributed by atoms with Crippen LogP contribution >= 0.6 is 11.3 Å². The molecule has 1 aliphatic rings. The molecular weight excluding hydrogens is 394 g/mol. The van der Waals surface area contributed by atoms with Crippen LogP contribution in [0.15, 0.2) is 35.2 Å². The summed E-state index contributed by atoms with van der Waals surface area (Å²) in [6.07, 6.45) is 3.00. The van der Waals surface area contributed by atoms with Crippen molar-refractivity contribution in [3.05, 3.63) is 51.2 Å². The van der Waals surface area contributed by atoms with E-state index in [-0.39, 0.29) is 10.3 Å². The van der Waals surface area contributed by atoms with Gasteiger partial charge in [-0.3, -0.25) is 10.2 Å². The Labute approximate surface area is 169 Å². The Hall–Kier alpha value is -2.21. The number of rotatable bonds is 4. The zero-order valence-electron chi connectivity index (χ0n) is 16.1. The van der Waals surface area contributed by atoms with Crippen molar-refractivity contribution in [2.75, 3.05) is 0 Å². The van der Waals surface area contributed by atoms with Gasteiger partial charge in [-0.25, -0.2) is 8.42 Å². The van der Waals surface area contributed by atoms with Gasteiger partial charge in [0.2, 0.25) is 0 Å². The normalized spacial score (nSPS) is 16.9. The lowest BCUT2D eigenvalue weighted by molar-refractivity contribution is 0.0949. The number of hydrogen-bond acceptors (Lipinski definition) is 5. The van der Waals surface area contributed by atoms with Gasteiger partial charge in [0.25, 0.3) is 15.9 Å². The molecule has 28 heavy (non-hydrogen) atoms. The molecule has 2 N–H and O–H groups in total. The number of carbonyl (C=O) groups excluding carboxylic acids is 1. The number of benzene rings is 1. The number of hydrazine groups is 1. The molecule has 0 saturated heterocycles. The van der Waals surface area contributed by atoms with Gasteiger partial charge in [-0.1, -0.05) is 20.8 Å². The SMILES string of the molecule is CC(C)(C)[C@H]1CCc2sc(C(=O)NNS(=O)(=O)c3ccc(C#N)cc3)cc2C1. The first-order valence-corrected chi connectivity index (χ1v) is 11.3. The van der Waals surface area contributed by atoms with Crippen LogP contribution in [0.5, 0.6) is 0 Å². The molecule has 1 atom stereocenters. The van der Waals surface area contributed by atoms with Crippen molar-refractivity contribution < 1.29 is 13.2 Å². The first-order chi connectivity index (χ1) is 13.1. The Morgan fingerprint density at radius 3 is 2.54 bits per heavy atom. The molecule has 1 amide bonds. The van der Waals surface area contributed by atoms with Gasteiger partial charge in [0.15, 0.2) is 0 Å². The molecule has 0 bridgehead atoms. The van der Waals surface area contributed by atoms with E-state index in [9.17, 15) is 13.2 Å². The van der Waals surface area contributed by atoms with Gasteiger partial charge >= 0.3 is 0 Å². The Morgan fingerprint density at radius 1 is 1.25 bits per heavy atom. The fraction of sp³-hybridized carbons (Fsp3) is 0.400. The maximum atomic E-state index is 12.4. The van der Waals surface area contributed by atoms with E-state index in [2.05, 4.69) is 31.0 Å². The summed E-state index contributed by atoms with van der Waals surface area (Å²) in [4.78, 5) is 16.3. The van der Waals surface area contributed by atoms with E-state index in [0.717, 1.165) is 19.3 Å². The molecule has 0 radical (unpaired) electrons. The number of nitrogens with zero attached hydrogens (tertiary/aromatic N) is 1. The highest BCUT2D eigenvalue weighted by Crippen LogP contribution is 2.40. The van der Waals surface area contributed by atoms with Crippen LogP contribution in [0.1, 0.15) is 52.9 Å². The van der Waals surface area contributed by atoms with Crippen LogP contribution in [-0.4, -0.2) is 14.3 Å². The minimum atomic E-state index is -3.91. The lowest BCUT2D eigenvalue weighted by atomic mass is 9.72. The van der Waals surface area contributed by atoms with Crippen molar-refractivity contribution in [3.63, 3.8) is 0 Å². The van der Waals surface area contributed by atoms with Gasteiger partial charge in [-0.15, -0.1) is 16.2 Å². The molecule has 6 nitrogen and oxygen atoms in total. The molecule has 1 heterocycles. The highest BCUT2D eigenvalue weighted by atomic mass is 32.2. The highest BCUT2D eigenvalue weighted by Gasteiger charge is 2.30. The van der Waals surface area contributed by atoms with Gasteiger partial charge in [-0.05, 0) is 66.5 Å². The maximum Gasteiger partial charge on any atom is 0.276 e. The van der Waals surface area contributed by atoms with Crippen molar-refractivity contribution in [3.8, 4) is 6.07 Å². The first-order valence-electron chi connectivity index (χ1n) is 9.04. The maximum absolute atomic E-state index is 12.4. The number of nitrogens with one attached hydrogen (secondary N) is 2. The summed E-state index contributed by atoms with van der Waals surface area (Å²) in [7, 11) is -3.91. The van der Waals surface area contributed by atoms with Crippen LogP contribution in [0.4, 0.5) is 0 Å². The Morgan fingerprint density at radius 2 is 1.93 bits per heavy atom. The largest absolute Gasteiger partial charge is 0.276 e. The number of thiophene rings is 1. The molecular formula is C20H23N3O3S2. The van der Waals surface area contributed by atoms with Crippen molar-refractivity contribution in [2.45, 2.75) is 44.9 Å². The third-order valence-corrected chi connectivity index (χ3v) is 7.62. The molecule has 148 valence electrons. The molecule has 0 aliphatic heterocycles. The highest BCUT2D eigenvalue weighted by molar-refractivity contribution is 7.89. The van der Waals surface area contributed by atoms with Crippen LogP contribution in [-0.2, 0) is 22.9 Å². The molecule has 0 fully saturated rings. The predicted molar refractivity (Wildman–Crippen MR) is 108 cm³/mol. The third kappa shape index (κ3) is 4.43. The smallest absolute Gasteiger partial charge is 0.273 e. The van der Waals surface area contributed by atoms with E-state index in [4.69, 9.17) is 5.26 Å². The fourth-order valence-electron chi connectivity index (χ4n) is 3.32. The molecule has 1 aliphatic carbocycles. The predicted octanol–water partition coefficient (Wildman–Crippen LogP) is 3.39. The molecule has 1 aromatic heterocycles. The number of aryl methyl sites for hydroxylation is 1. The first kappa shape index (κ1) is 20.5. The topological polar surface area (TPSA) is 99.1 Å². The number of fused-ring (bicyclic) bond motifs is 1. The molecule has 8 heteroatoms. The summed E-state index contributed by atoms with van der Waals surface area (Å²) in [6.45, 7) is 6.71. The number of carbonyl (C=O) groups is 1. The summed E-state index contributed by atoms with van der Waals surface area (Å²) >= 11 is 1.42. The summed E-state index contributed by atoms with van der Waals surface area (Å²) in [5.41, 5.74) is 4.06. The molecule has 0 saturated carbocycles. The average molecular weight is 418 g/mol. The molecule has 2 aromatic rings. The van der Waals surface area contributed by atoms with Crippen molar-refractivity contribution in [1.29, 1.82) is 5.26 Å². The number of hydrogen-bond donors (Lipinski definition) is 2. The summed E-state index contributed by atoms with van der Waals surface area (Å²) < 4.78 is 24.6. The van der Waals surface area contributed by atoms with Crippen LogP contribution in [0.2, 0.25) is 0 Å². The van der Waals surface area contributed by atoms with E-state index in [1.54, 1.807) is 0 Å². The Kier molecular flexibility index (Phi) is 5.62. The van der Waals surface area contributed by atoms with E-state index in [1.807, 2.05) is 12.1 Å². The average Bonchev–Trinajstić information content (AvgIpc) is 3.09. The second-order valence-corrected chi connectivity index (χ2v) is 10.9. The fourth-order valence-corrected chi connectivity index (χ4v) is 5.26. The van der Waals surface area contributed by atoms with E-state index in [0.29, 0.717) is 16.4 Å². The minimum absolute atomic E-state index is 0.0229. The summed E-state index contributed by atoms with van der Waals surface area (Å²) in [5.74, 6) is 0.101. The van der Waals surface area contributed by atoms with Crippen LogP contribution < -0.4 is 10.3 Å². The second kappa shape index (κ2) is 7.66. The quantitative estimate of drug-likeness (QED) is 0.745. The number of sulfonamides is 1. The lowest BCUT2D eigenvalue weighted by Crippen LogP contribution is -2.41. The monoisotopic (exact) mass is 417 g/mol. The molecule has 3 rings (SSSR count). The summed E-state index contributed by atoms with van der Waals surface area (Å²) in [5, 5.41) is 8.79. The standard InChI is InChI=1S/C20H23N3O3S2/c1-20(2,3)15-6-9-17-14(10-15)11-18(27-17)19(24)22-23-28(25,26)16-7-4-13(12-21)5-8-16/h4-5,7-8,11,15,23H,6,9-10H2,1-3H3,(H,22,24)/t15-/m0/s1. The lowest BCUT2D eigenvalue weighted by Gasteiger charge is -2.33. The van der Waals surface area contributed by atoms with E-state index in [1.165, 1.54) is 46.0 Å². The Bertz CT molecular complexity index is 1030.